The highest BCUT2D eigenvalue weighted by Gasteiger charge is 2.43. The molecular formula is C9H18N2O. The Hall–Kier alpha value is -0.120. The van der Waals surface area contributed by atoms with Crippen molar-refractivity contribution in [2.45, 2.75) is 18.9 Å². The number of nitrogens with one attached hydrogen (secondary N) is 2. The quantitative estimate of drug-likeness (QED) is 0.580. The van der Waals surface area contributed by atoms with E-state index in [-0.39, 0.29) is 0 Å². The number of likely N-dealkylation sites (N-methyl/N-ethyl adjacent to an activating group) is 1. The number of rotatable bonds is 1. The molecule has 2 heterocycles. The van der Waals surface area contributed by atoms with Crippen molar-refractivity contribution >= 4 is 0 Å². The first-order chi connectivity index (χ1) is 5.87. The van der Waals surface area contributed by atoms with Gasteiger partial charge in [-0.3, -0.25) is 0 Å². The lowest BCUT2D eigenvalue weighted by atomic mass is 9.75. The van der Waals surface area contributed by atoms with E-state index in [0.717, 1.165) is 26.3 Å². The van der Waals surface area contributed by atoms with Crippen molar-refractivity contribution in [1.82, 2.24) is 10.6 Å². The van der Waals surface area contributed by atoms with Crippen LogP contribution in [-0.2, 0) is 4.74 Å². The molecule has 1 spiro atoms. The molecule has 0 aliphatic carbocycles. The normalized spacial score (nSPS) is 34.2. The number of piperidine rings is 1. The maximum Gasteiger partial charge on any atom is 0.0626 e. The summed E-state index contributed by atoms with van der Waals surface area (Å²) in [6, 6.07) is 0.583. The lowest BCUT2D eigenvalue weighted by Crippen LogP contribution is -2.48. The standard InChI is InChI=1S/C9H18N2O/c1-10-8-6-12-7-9(8)2-4-11-5-3-9/h8,10-11H,2-7H2,1H3. The van der Waals surface area contributed by atoms with Crippen LogP contribution in [0.25, 0.3) is 0 Å². The Morgan fingerprint density at radius 2 is 2.17 bits per heavy atom. The van der Waals surface area contributed by atoms with Gasteiger partial charge >= 0.3 is 0 Å². The van der Waals surface area contributed by atoms with E-state index in [4.69, 9.17) is 4.74 Å². The highest BCUT2D eigenvalue weighted by Crippen LogP contribution is 2.37. The Morgan fingerprint density at radius 3 is 2.83 bits per heavy atom. The van der Waals surface area contributed by atoms with Crippen LogP contribution in [0.5, 0.6) is 0 Å². The summed E-state index contributed by atoms with van der Waals surface area (Å²) in [5.41, 5.74) is 0.444. The van der Waals surface area contributed by atoms with Crippen LogP contribution in [0.4, 0.5) is 0 Å². The maximum absolute atomic E-state index is 5.55. The van der Waals surface area contributed by atoms with Crippen LogP contribution in [0, 0.1) is 5.41 Å². The van der Waals surface area contributed by atoms with Crippen molar-refractivity contribution in [3.8, 4) is 0 Å². The van der Waals surface area contributed by atoms with Crippen molar-refractivity contribution in [2.75, 3.05) is 33.4 Å². The third-order valence-electron chi connectivity index (χ3n) is 3.36. The van der Waals surface area contributed by atoms with E-state index in [2.05, 4.69) is 10.6 Å². The fourth-order valence-electron chi connectivity index (χ4n) is 2.46. The van der Waals surface area contributed by atoms with E-state index in [9.17, 15) is 0 Å². The van der Waals surface area contributed by atoms with Gasteiger partial charge in [0.05, 0.1) is 13.2 Å². The van der Waals surface area contributed by atoms with Crippen LogP contribution >= 0.6 is 0 Å². The Balaban J connectivity index is 2.05. The van der Waals surface area contributed by atoms with Crippen molar-refractivity contribution in [1.29, 1.82) is 0 Å². The molecule has 0 saturated carbocycles. The Bertz CT molecular complexity index is 155. The van der Waals surface area contributed by atoms with Gasteiger partial charge in [0.1, 0.15) is 0 Å². The number of hydrogen-bond acceptors (Lipinski definition) is 3. The summed E-state index contributed by atoms with van der Waals surface area (Å²) < 4.78 is 5.55. The third-order valence-corrected chi connectivity index (χ3v) is 3.36. The van der Waals surface area contributed by atoms with Crippen molar-refractivity contribution in [3.05, 3.63) is 0 Å². The highest BCUT2D eigenvalue weighted by atomic mass is 16.5. The van der Waals surface area contributed by atoms with Gasteiger partial charge < -0.3 is 15.4 Å². The van der Waals surface area contributed by atoms with Crippen molar-refractivity contribution < 1.29 is 4.74 Å². The number of hydrogen-bond donors (Lipinski definition) is 2. The fraction of sp³-hybridized carbons (Fsp3) is 1.00. The molecule has 0 bridgehead atoms. The molecule has 3 nitrogen and oxygen atoms in total. The molecule has 1 unspecified atom stereocenters. The summed E-state index contributed by atoms with van der Waals surface area (Å²) in [6.45, 7) is 4.17. The van der Waals surface area contributed by atoms with Gasteiger partial charge in [-0.1, -0.05) is 0 Å². The monoisotopic (exact) mass is 170 g/mol. The van der Waals surface area contributed by atoms with E-state index in [0.29, 0.717) is 11.5 Å². The summed E-state index contributed by atoms with van der Waals surface area (Å²) in [5.74, 6) is 0. The molecule has 0 radical (unpaired) electrons. The summed E-state index contributed by atoms with van der Waals surface area (Å²) in [6.07, 6.45) is 2.52. The number of ether oxygens (including phenoxy) is 1. The summed E-state index contributed by atoms with van der Waals surface area (Å²) in [4.78, 5) is 0. The van der Waals surface area contributed by atoms with Crippen LogP contribution in [0.15, 0.2) is 0 Å². The zero-order valence-corrected chi connectivity index (χ0v) is 7.73. The van der Waals surface area contributed by atoms with Crippen LogP contribution in [0.3, 0.4) is 0 Å². The summed E-state index contributed by atoms with van der Waals surface area (Å²) >= 11 is 0. The maximum atomic E-state index is 5.55. The Labute approximate surface area is 73.9 Å². The molecule has 2 aliphatic rings. The third kappa shape index (κ3) is 1.26. The second kappa shape index (κ2) is 3.32. The highest BCUT2D eigenvalue weighted by molar-refractivity contribution is 4.97. The molecule has 0 aromatic heterocycles. The Morgan fingerprint density at radius 1 is 1.42 bits per heavy atom. The molecule has 1 atom stereocenters. The smallest absolute Gasteiger partial charge is 0.0626 e. The van der Waals surface area contributed by atoms with Crippen LogP contribution in [0.2, 0.25) is 0 Å². The SMILES string of the molecule is CNC1COCC12CCNCC2. The van der Waals surface area contributed by atoms with E-state index in [1.54, 1.807) is 0 Å². The molecule has 2 aliphatic heterocycles. The molecule has 12 heavy (non-hydrogen) atoms. The first kappa shape index (κ1) is 8.48. The average molecular weight is 170 g/mol. The first-order valence-electron chi connectivity index (χ1n) is 4.83. The second-order valence-electron chi connectivity index (χ2n) is 3.97. The predicted octanol–water partition coefficient (Wildman–Crippen LogP) is -0.0256. The van der Waals surface area contributed by atoms with Crippen molar-refractivity contribution in [3.63, 3.8) is 0 Å². The average Bonchev–Trinajstić information content (AvgIpc) is 2.49. The fourth-order valence-corrected chi connectivity index (χ4v) is 2.46. The molecule has 2 saturated heterocycles. The Kier molecular flexibility index (Phi) is 2.35. The summed E-state index contributed by atoms with van der Waals surface area (Å²) in [7, 11) is 2.04. The molecule has 2 fully saturated rings. The van der Waals surface area contributed by atoms with E-state index in [1.807, 2.05) is 7.05 Å². The van der Waals surface area contributed by atoms with Gasteiger partial charge in [-0.05, 0) is 33.0 Å². The molecular weight excluding hydrogens is 152 g/mol. The minimum Gasteiger partial charge on any atom is -0.379 e. The zero-order chi connectivity index (χ0) is 8.44. The minimum atomic E-state index is 0.444. The van der Waals surface area contributed by atoms with Crippen LogP contribution in [0.1, 0.15) is 12.8 Å². The minimum absolute atomic E-state index is 0.444. The molecule has 0 aromatic rings. The van der Waals surface area contributed by atoms with Gasteiger partial charge in [-0.25, -0.2) is 0 Å². The lowest BCUT2D eigenvalue weighted by molar-refractivity contribution is 0.124. The second-order valence-corrected chi connectivity index (χ2v) is 3.97. The molecule has 0 amide bonds. The largest absolute Gasteiger partial charge is 0.379 e. The van der Waals surface area contributed by atoms with Gasteiger partial charge in [0.2, 0.25) is 0 Å². The molecule has 2 rings (SSSR count). The van der Waals surface area contributed by atoms with Gasteiger partial charge in [0.25, 0.3) is 0 Å². The lowest BCUT2D eigenvalue weighted by Gasteiger charge is -2.37. The van der Waals surface area contributed by atoms with E-state index >= 15 is 0 Å². The van der Waals surface area contributed by atoms with Crippen LogP contribution < -0.4 is 10.6 Å². The van der Waals surface area contributed by atoms with Crippen LogP contribution in [-0.4, -0.2) is 39.4 Å². The van der Waals surface area contributed by atoms with Gasteiger partial charge in [-0.2, -0.15) is 0 Å². The van der Waals surface area contributed by atoms with E-state index < -0.39 is 0 Å². The van der Waals surface area contributed by atoms with E-state index in [1.165, 1.54) is 12.8 Å². The molecule has 0 aromatic carbocycles. The first-order valence-corrected chi connectivity index (χ1v) is 4.83. The zero-order valence-electron chi connectivity index (χ0n) is 7.73. The van der Waals surface area contributed by atoms with Gasteiger partial charge in [0.15, 0.2) is 0 Å². The van der Waals surface area contributed by atoms with Gasteiger partial charge in [0, 0.05) is 11.5 Å². The molecule has 70 valence electrons. The summed E-state index contributed by atoms with van der Waals surface area (Å²) in [5, 5.41) is 6.77. The van der Waals surface area contributed by atoms with Crippen molar-refractivity contribution in [2.24, 2.45) is 5.41 Å². The van der Waals surface area contributed by atoms with Gasteiger partial charge in [-0.15, -0.1) is 0 Å². The molecule has 2 N–H and O–H groups in total. The molecule has 3 heteroatoms. The topological polar surface area (TPSA) is 33.3 Å². The predicted molar refractivity (Wildman–Crippen MR) is 48.2 cm³/mol.